The molecule has 0 aliphatic carbocycles. The third-order valence-corrected chi connectivity index (χ3v) is 4.10. The highest BCUT2D eigenvalue weighted by molar-refractivity contribution is 5.93. The summed E-state index contributed by atoms with van der Waals surface area (Å²) < 4.78 is 5.87. The zero-order valence-electron chi connectivity index (χ0n) is 14.6. The highest BCUT2D eigenvalue weighted by atomic mass is 16.5. The van der Waals surface area contributed by atoms with E-state index in [9.17, 15) is 0 Å². The van der Waals surface area contributed by atoms with Gasteiger partial charge in [-0.2, -0.15) is 0 Å². The number of fused-ring (bicyclic) bond motifs is 1. The van der Waals surface area contributed by atoms with Crippen molar-refractivity contribution in [2.24, 2.45) is 0 Å². The molecule has 0 aliphatic heterocycles. The van der Waals surface area contributed by atoms with Gasteiger partial charge in [-0.3, -0.25) is 0 Å². The van der Waals surface area contributed by atoms with Crippen LogP contribution < -0.4 is 10.1 Å². The van der Waals surface area contributed by atoms with Crippen LogP contribution in [0, 0.1) is 0 Å². The summed E-state index contributed by atoms with van der Waals surface area (Å²) >= 11 is 0. The maximum Gasteiger partial charge on any atom is 0.121 e. The predicted octanol–water partition coefficient (Wildman–Crippen LogP) is 5.01. The third-order valence-electron chi connectivity index (χ3n) is 4.10. The van der Waals surface area contributed by atoms with E-state index in [4.69, 9.17) is 4.74 Å². The summed E-state index contributed by atoms with van der Waals surface area (Å²) in [5.74, 6) is 0.873. The van der Waals surface area contributed by atoms with Crippen LogP contribution in [0.25, 0.3) is 23.1 Å². The number of benzene rings is 2. The minimum absolute atomic E-state index is 0.634. The first-order valence-electron chi connectivity index (χ1n) is 8.60. The van der Waals surface area contributed by atoms with Crippen molar-refractivity contribution < 1.29 is 4.74 Å². The summed E-state index contributed by atoms with van der Waals surface area (Å²) in [6.45, 7) is 8.20. The molecular formula is C22H24N2O. The number of hydrogen-bond acceptors (Lipinski definition) is 2. The van der Waals surface area contributed by atoms with Gasteiger partial charge in [0.25, 0.3) is 0 Å². The van der Waals surface area contributed by atoms with Crippen molar-refractivity contribution in [1.29, 1.82) is 0 Å². The number of aromatic nitrogens is 1. The molecule has 3 aromatic rings. The summed E-state index contributed by atoms with van der Waals surface area (Å²) in [4.78, 5) is 3.40. The molecule has 0 bridgehead atoms. The van der Waals surface area contributed by atoms with Crippen LogP contribution in [-0.2, 0) is 6.54 Å². The lowest BCUT2D eigenvalue weighted by molar-refractivity contribution is 0.314. The quantitative estimate of drug-likeness (QED) is 0.569. The van der Waals surface area contributed by atoms with Crippen molar-refractivity contribution in [2.45, 2.75) is 13.5 Å². The molecule has 128 valence electrons. The second kappa shape index (κ2) is 8.36. The van der Waals surface area contributed by atoms with Crippen molar-refractivity contribution in [3.63, 3.8) is 0 Å². The van der Waals surface area contributed by atoms with Crippen LogP contribution in [0.4, 0.5) is 0 Å². The number of hydrogen-bond donors (Lipinski definition) is 2. The van der Waals surface area contributed by atoms with Gasteiger partial charge in [0.15, 0.2) is 0 Å². The van der Waals surface area contributed by atoms with Crippen LogP contribution in [0.3, 0.4) is 0 Å². The Kier molecular flexibility index (Phi) is 5.70. The number of nitrogens with one attached hydrogen (secondary N) is 2. The van der Waals surface area contributed by atoms with Gasteiger partial charge in [0.2, 0.25) is 0 Å². The number of H-pyrrole nitrogens is 1. The summed E-state index contributed by atoms with van der Waals surface area (Å²) in [5.41, 5.74) is 4.56. The van der Waals surface area contributed by atoms with Gasteiger partial charge < -0.3 is 15.0 Å². The molecule has 0 spiro atoms. The molecule has 2 N–H and O–H groups in total. The van der Waals surface area contributed by atoms with Gasteiger partial charge in [0.1, 0.15) is 12.4 Å². The Balaban J connectivity index is 1.58. The fourth-order valence-electron chi connectivity index (χ4n) is 2.89. The zero-order chi connectivity index (χ0) is 17.5. The van der Waals surface area contributed by atoms with Crippen molar-refractivity contribution in [2.75, 3.05) is 13.2 Å². The second-order valence-electron chi connectivity index (χ2n) is 5.87. The Bertz CT molecular complexity index is 862. The Morgan fingerprint density at radius 1 is 1.16 bits per heavy atom. The fourth-order valence-corrected chi connectivity index (χ4v) is 2.89. The van der Waals surface area contributed by atoms with Gasteiger partial charge >= 0.3 is 0 Å². The van der Waals surface area contributed by atoms with Gasteiger partial charge in [-0.05, 0) is 30.7 Å². The molecule has 0 amide bonds. The molecule has 3 nitrogen and oxygen atoms in total. The van der Waals surface area contributed by atoms with E-state index < -0.39 is 0 Å². The minimum Gasteiger partial charge on any atom is -0.492 e. The molecule has 25 heavy (non-hydrogen) atoms. The molecule has 0 saturated carbocycles. The molecule has 0 fully saturated rings. The molecule has 0 radical (unpaired) electrons. The van der Waals surface area contributed by atoms with Gasteiger partial charge in [-0.15, -0.1) is 0 Å². The zero-order valence-corrected chi connectivity index (χ0v) is 14.6. The standard InChI is InChI=1S/C22H24N2O/c1-3-8-19-20-12-11-18(15-22(20)24-21(19)4-2)25-14-13-23-16-17-9-6-5-7-10-17/h3-12,15,23-24H,2,13-14,16H2,1H3/b8-3-. The molecule has 0 atom stereocenters. The average Bonchev–Trinajstić information content (AvgIpc) is 3.00. The van der Waals surface area contributed by atoms with Crippen molar-refractivity contribution in [1.82, 2.24) is 10.3 Å². The summed E-state index contributed by atoms with van der Waals surface area (Å²) in [6.07, 6.45) is 5.99. The molecule has 1 aromatic heterocycles. The normalized spacial score (nSPS) is 11.2. The topological polar surface area (TPSA) is 37.0 Å². The molecule has 2 aromatic carbocycles. The van der Waals surface area contributed by atoms with E-state index in [0.29, 0.717) is 6.61 Å². The third kappa shape index (κ3) is 4.20. The fraction of sp³-hybridized carbons (Fsp3) is 0.182. The molecule has 0 aliphatic rings. The van der Waals surface area contributed by atoms with Gasteiger partial charge in [0, 0.05) is 35.8 Å². The first-order valence-corrected chi connectivity index (χ1v) is 8.60. The van der Waals surface area contributed by atoms with Crippen LogP contribution >= 0.6 is 0 Å². The molecule has 0 saturated heterocycles. The van der Waals surface area contributed by atoms with E-state index in [0.717, 1.165) is 30.0 Å². The molecule has 1 heterocycles. The highest BCUT2D eigenvalue weighted by Crippen LogP contribution is 2.28. The Labute approximate surface area is 149 Å². The number of rotatable bonds is 8. The smallest absolute Gasteiger partial charge is 0.121 e. The van der Waals surface area contributed by atoms with Crippen LogP contribution in [-0.4, -0.2) is 18.1 Å². The lowest BCUT2D eigenvalue weighted by Gasteiger charge is -2.08. The van der Waals surface area contributed by atoms with Crippen LogP contribution in [0.2, 0.25) is 0 Å². The monoisotopic (exact) mass is 332 g/mol. The molecule has 0 unspecified atom stereocenters. The lowest BCUT2D eigenvalue weighted by atomic mass is 10.1. The SMILES string of the molecule is C=Cc1[nH]c2cc(OCCNCc3ccccc3)ccc2c1/C=C\C. The van der Waals surface area contributed by atoms with Gasteiger partial charge in [0.05, 0.1) is 5.52 Å². The summed E-state index contributed by atoms with van der Waals surface area (Å²) in [7, 11) is 0. The maximum atomic E-state index is 5.87. The molecule has 3 heteroatoms. The molecular weight excluding hydrogens is 308 g/mol. The Morgan fingerprint density at radius 2 is 2.00 bits per heavy atom. The highest BCUT2D eigenvalue weighted by Gasteiger charge is 2.07. The van der Waals surface area contributed by atoms with Crippen LogP contribution in [0.5, 0.6) is 5.75 Å². The van der Waals surface area contributed by atoms with E-state index >= 15 is 0 Å². The van der Waals surface area contributed by atoms with Gasteiger partial charge in [-0.25, -0.2) is 0 Å². The maximum absolute atomic E-state index is 5.87. The summed E-state index contributed by atoms with van der Waals surface area (Å²) in [5, 5.41) is 4.58. The van der Waals surface area contributed by atoms with Gasteiger partial charge in [-0.1, -0.05) is 49.1 Å². The van der Waals surface area contributed by atoms with E-state index in [-0.39, 0.29) is 0 Å². The first-order chi connectivity index (χ1) is 12.3. The van der Waals surface area contributed by atoms with E-state index in [1.807, 2.05) is 37.3 Å². The van der Waals surface area contributed by atoms with E-state index in [1.54, 1.807) is 0 Å². The van der Waals surface area contributed by atoms with Crippen molar-refractivity contribution in [3.8, 4) is 5.75 Å². The van der Waals surface area contributed by atoms with Crippen molar-refractivity contribution in [3.05, 3.63) is 78.0 Å². The van der Waals surface area contributed by atoms with Crippen LogP contribution in [0.15, 0.2) is 61.2 Å². The first kappa shape index (κ1) is 17.1. The lowest BCUT2D eigenvalue weighted by Crippen LogP contribution is -2.20. The second-order valence-corrected chi connectivity index (χ2v) is 5.87. The Morgan fingerprint density at radius 3 is 2.76 bits per heavy atom. The van der Waals surface area contributed by atoms with Crippen LogP contribution in [0.1, 0.15) is 23.7 Å². The average molecular weight is 332 g/mol. The molecule has 3 rings (SSSR count). The Hall–Kier alpha value is -2.78. The largest absolute Gasteiger partial charge is 0.492 e. The predicted molar refractivity (Wildman–Crippen MR) is 107 cm³/mol. The minimum atomic E-state index is 0.634. The number of aromatic amines is 1. The summed E-state index contributed by atoms with van der Waals surface area (Å²) in [6, 6.07) is 16.5. The van der Waals surface area contributed by atoms with E-state index in [2.05, 4.69) is 53.3 Å². The van der Waals surface area contributed by atoms with E-state index in [1.165, 1.54) is 16.5 Å². The number of ether oxygens (including phenoxy) is 1. The number of allylic oxidation sites excluding steroid dienone is 1. The van der Waals surface area contributed by atoms with Crippen molar-refractivity contribution >= 4 is 23.1 Å².